The molecule has 2 heterocycles. The normalized spacial score (nSPS) is 28.1. The van der Waals surface area contributed by atoms with Crippen LogP contribution in [0.4, 0.5) is 13.2 Å². The van der Waals surface area contributed by atoms with Crippen LogP contribution in [0.15, 0.2) is 34.9 Å². The minimum atomic E-state index is -4.39. The zero-order chi connectivity index (χ0) is 17.5. The number of nitrogens with zero attached hydrogens (tertiary/aromatic N) is 1. The van der Waals surface area contributed by atoms with Gasteiger partial charge in [-0.1, -0.05) is 17.3 Å². The van der Waals surface area contributed by atoms with E-state index in [2.05, 4.69) is 10.5 Å². The molecule has 0 amide bonds. The highest BCUT2D eigenvalue weighted by atomic mass is 19.4. The van der Waals surface area contributed by atoms with Gasteiger partial charge in [-0.2, -0.15) is 13.2 Å². The molecule has 1 unspecified atom stereocenters. The number of halogens is 3. The Balaban J connectivity index is 1.87. The molecule has 3 atom stereocenters. The first-order valence-electron chi connectivity index (χ1n) is 7.77. The van der Waals surface area contributed by atoms with Crippen LogP contribution in [0, 0.1) is 6.92 Å². The molecular formula is C17H19F3N2O2. The highest BCUT2D eigenvalue weighted by Gasteiger charge is 2.40. The summed E-state index contributed by atoms with van der Waals surface area (Å²) in [7, 11) is 0. The molecular weight excluding hydrogens is 321 g/mol. The monoisotopic (exact) mass is 340 g/mol. The first kappa shape index (κ1) is 17.0. The van der Waals surface area contributed by atoms with Crippen molar-refractivity contribution in [3.63, 3.8) is 0 Å². The summed E-state index contributed by atoms with van der Waals surface area (Å²) in [6, 6.07) is 6.28. The van der Waals surface area contributed by atoms with E-state index in [0.717, 1.165) is 12.1 Å². The van der Waals surface area contributed by atoms with Gasteiger partial charge in [-0.25, -0.2) is 0 Å². The molecule has 1 aromatic carbocycles. The number of piperidine rings is 1. The lowest BCUT2D eigenvalue weighted by Crippen LogP contribution is -2.47. The molecule has 7 heteroatoms. The Labute approximate surface area is 137 Å². The van der Waals surface area contributed by atoms with Crippen molar-refractivity contribution in [3.8, 4) is 0 Å². The van der Waals surface area contributed by atoms with Crippen LogP contribution >= 0.6 is 0 Å². The molecule has 3 rings (SSSR count). The number of alkyl halides is 3. The molecule has 1 aromatic heterocycles. The fourth-order valence-corrected chi connectivity index (χ4v) is 3.33. The van der Waals surface area contributed by atoms with E-state index >= 15 is 0 Å². The van der Waals surface area contributed by atoms with Gasteiger partial charge in [-0.05, 0) is 38.0 Å². The Hall–Kier alpha value is -1.86. The van der Waals surface area contributed by atoms with E-state index < -0.39 is 17.3 Å². The van der Waals surface area contributed by atoms with E-state index in [-0.39, 0.29) is 12.1 Å². The van der Waals surface area contributed by atoms with Crippen LogP contribution in [0.25, 0.3) is 0 Å². The topological polar surface area (TPSA) is 58.3 Å². The van der Waals surface area contributed by atoms with E-state index in [4.69, 9.17) is 4.52 Å². The lowest BCUT2D eigenvalue weighted by Gasteiger charge is -2.40. The largest absolute Gasteiger partial charge is 0.416 e. The molecule has 0 saturated carbocycles. The highest BCUT2D eigenvalue weighted by Crippen LogP contribution is 2.40. The summed E-state index contributed by atoms with van der Waals surface area (Å²) in [5.74, 6) is 0.670. The van der Waals surface area contributed by atoms with Gasteiger partial charge in [0, 0.05) is 18.5 Å². The van der Waals surface area contributed by atoms with Gasteiger partial charge in [0.15, 0.2) is 0 Å². The number of aliphatic hydroxyl groups is 1. The van der Waals surface area contributed by atoms with Crippen molar-refractivity contribution in [1.82, 2.24) is 10.5 Å². The molecule has 0 spiro atoms. The summed E-state index contributed by atoms with van der Waals surface area (Å²) >= 11 is 0. The minimum Gasteiger partial charge on any atom is -0.385 e. The van der Waals surface area contributed by atoms with Crippen molar-refractivity contribution in [2.45, 2.75) is 50.6 Å². The molecule has 0 aliphatic carbocycles. The maximum absolute atomic E-state index is 12.7. The maximum atomic E-state index is 12.7. The van der Waals surface area contributed by atoms with Crippen LogP contribution in [0.2, 0.25) is 0 Å². The van der Waals surface area contributed by atoms with Gasteiger partial charge in [-0.15, -0.1) is 0 Å². The standard InChI is InChI=1S/C17H19F3N2O2/c1-10-8-16(23,9-15(21-10)14-7-11(2)24-22-14)12-3-5-13(6-4-12)17(18,19)20/h3-7,10,15,21,23H,8-9H2,1-2H3/t10-,15-,16?/m0/s1. The van der Waals surface area contributed by atoms with Crippen molar-refractivity contribution in [3.05, 3.63) is 52.9 Å². The van der Waals surface area contributed by atoms with Gasteiger partial charge in [0.1, 0.15) is 11.5 Å². The average Bonchev–Trinajstić information content (AvgIpc) is 2.92. The summed E-state index contributed by atoms with van der Waals surface area (Å²) in [5.41, 5.74) is -0.772. The second-order valence-electron chi connectivity index (χ2n) is 6.50. The zero-order valence-corrected chi connectivity index (χ0v) is 13.4. The van der Waals surface area contributed by atoms with Gasteiger partial charge < -0.3 is 14.9 Å². The van der Waals surface area contributed by atoms with Crippen LogP contribution in [0.3, 0.4) is 0 Å². The second kappa shape index (κ2) is 5.89. The highest BCUT2D eigenvalue weighted by molar-refractivity contribution is 5.30. The maximum Gasteiger partial charge on any atom is 0.416 e. The quantitative estimate of drug-likeness (QED) is 0.875. The molecule has 130 valence electrons. The molecule has 1 aliphatic heterocycles. The molecule has 1 aliphatic rings. The van der Waals surface area contributed by atoms with Crippen molar-refractivity contribution < 1.29 is 22.8 Å². The summed E-state index contributed by atoms with van der Waals surface area (Å²) < 4.78 is 43.2. The van der Waals surface area contributed by atoms with E-state index in [1.54, 1.807) is 13.0 Å². The Morgan fingerprint density at radius 1 is 1.25 bits per heavy atom. The van der Waals surface area contributed by atoms with E-state index in [1.807, 2.05) is 6.92 Å². The minimum absolute atomic E-state index is 0.0203. The van der Waals surface area contributed by atoms with Crippen molar-refractivity contribution >= 4 is 0 Å². The van der Waals surface area contributed by atoms with Crippen molar-refractivity contribution in [1.29, 1.82) is 0 Å². The average molecular weight is 340 g/mol. The zero-order valence-electron chi connectivity index (χ0n) is 13.4. The fraction of sp³-hybridized carbons (Fsp3) is 0.471. The van der Waals surface area contributed by atoms with E-state index in [0.29, 0.717) is 29.9 Å². The summed E-state index contributed by atoms with van der Waals surface area (Å²) in [5, 5.41) is 18.4. The fourth-order valence-electron chi connectivity index (χ4n) is 3.33. The summed E-state index contributed by atoms with van der Waals surface area (Å²) in [6.45, 7) is 3.71. The first-order chi connectivity index (χ1) is 11.2. The van der Waals surface area contributed by atoms with Crippen LogP contribution in [-0.4, -0.2) is 16.3 Å². The lowest BCUT2D eigenvalue weighted by molar-refractivity contribution is -0.137. The molecule has 1 saturated heterocycles. The molecule has 1 fully saturated rings. The Morgan fingerprint density at radius 2 is 1.92 bits per heavy atom. The predicted molar refractivity (Wildman–Crippen MR) is 81.2 cm³/mol. The van der Waals surface area contributed by atoms with Gasteiger partial charge in [-0.3, -0.25) is 0 Å². The molecule has 2 aromatic rings. The number of hydrogen-bond acceptors (Lipinski definition) is 4. The number of nitrogens with one attached hydrogen (secondary N) is 1. The lowest BCUT2D eigenvalue weighted by atomic mass is 9.78. The number of hydrogen-bond donors (Lipinski definition) is 2. The van der Waals surface area contributed by atoms with E-state index in [9.17, 15) is 18.3 Å². The van der Waals surface area contributed by atoms with Gasteiger partial charge in [0.25, 0.3) is 0 Å². The number of aryl methyl sites for hydroxylation is 1. The number of benzene rings is 1. The van der Waals surface area contributed by atoms with E-state index in [1.165, 1.54) is 12.1 Å². The molecule has 4 nitrogen and oxygen atoms in total. The van der Waals surface area contributed by atoms with Crippen molar-refractivity contribution in [2.75, 3.05) is 0 Å². The Bertz CT molecular complexity index is 711. The Kier molecular flexibility index (Phi) is 4.17. The van der Waals surface area contributed by atoms with Crippen LogP contribution in [0.1, 0.15) is 48.4 Å². The molecule has 2 N–H and O–H groups in total. The Morgan fingerprint density at radius 3 is 2.46 bits per heavy atom. The van der Waals surface area contributed by atoms with Crippen LogP contribution in [-0.2, 0) is 11.8 Å². The molecule has 0 radical (unpaired) electrons. The SMILES string of the molecule is Cc1cc([C@@H]2CC(O)(c3ccc(C(F)(F)F)cc3)C[C@H](C)N2)no1. The summed E-state index contributed by atoms with van der Waals surface area (Å²) in [6.07, 6.45) is -3.66. The first-order valence-corrected chi connectivity index (χ1v) is 7.77. The third-order valence-corrected chi connectivity index (χ3v) is 4.42. The smallest absolute Gasteiger partial charge is 0.385 e. The molecule has 0 bridgehead atoms. The predicted octanol–water partition coefficient (Wildman–Crippen LogP) is 3.70. The third kappa shape index (κ3) is 3.32. The second-order valence-corrected chi connectivity index (χ2v) is 6.50. The summed E-state index contributed by atoms with van der Waals surface area (Å²) in [4.78, 5) is 0. The molecule has 24 heavy (non-hydrogen) atoms. The van der Waals surface area contributed by atoms with Crippen LogP contribution in [0.5, 0.6) is 0 Å². The van der Waals surface area contributed by atoms with Crippen molar-refractivity contribution in [2.24, 2.45) is 0 Å². The number of rotatable bonds is 2. The number of aromatic nitrogens is 1. The van der Waals surface area contributed by atoms with Crippen LogP contribution < -0.4 is 5.32 Å². The van der Waals surface area contributed by atoms with Gasteiger partial charge in [0.05, 0.1) is 17.2 Å². The van der Waals surface area contributed by atoms with Gasteiger partial charge >= 0.3 is 6.18 Å². The third-order valence-electron chi connectivity index (χ3n) is 4.42. The van der Waals surface area contributed by atoms with Gasteiger partial charge in [0.2, 0.25) is 0 Å².